The Labute approximate surface area is 293 Å². The van der Waals surface area contributed by atoms with Crippen LogP contribution in [0.25, 0.3) is 0 Å². The van der Waals surface area contributed by atoms with Gasteiger partial charge in [0.25, 0.3) is 0 Å². The van der Waals surface area contributed by atoms with E-state index in [1.54, 1.807) is 0 Å². The molecular weight excluding hydrogens is 580 g/mol. The summed E-state index contributed by atoms with van der Waals surface area (Å²) in [5, 5.41) is 9.57. The van der Waals surface area contributed by atoms with E-state index < -0.39 is 6.10 Å². The number of hydrogen-bond acceptors (Lipinski definition) is 4. The van der Waals surface area contributed by atoms with Gasteiger partial charge in [-0.15, -0.1) is 0 Å². The molecule has 0 bridgehead atoms. The summed E-state index contributed by atoms with van der Waals surface area (Å²) < 4.78 is 11.1. The maximum Gasteiger partial charge on any atom is 0.306 e. The monoisotopic (exact) mass is 661 g/mol. The summed E-state index contributed by atoms with van der Waals surface area (Å²) in [6.45, 7) is 5.30. The number of aliphatic hydroxyl groups excluding tert-OH is 1. The zero-order valence-electron chi connectivity index (χ0n) is 31.5. The van der Waals surface area contributed by atoms with Gasteiger partial charge in [0.1, 0.15) is 6.10 Å². The molecule has 0 spiro atoms. The molecule has 1 unspecified atom stereocenters. The van der Waals surface area contributed by atoms with Crippen molar-refractivity contribution < 1.29 is 19.4 Å². The molecule has 0 radical (unpaired) electrons. The number of unbranched alkanes of at least 4 members (excludes halogenated alkanes) is 24. The van der Waals surface area contributed by atoms with Crippen molar-refractivity contribution in [3.05, 3.63) is 36.5 Å². The molecule has 4 heteroatoms. The van der Waals surface area contributed by atoms with E-state index in [4.69, 9.17) is 9.47 Å². The zero-order valence-corrected chi connectivity index (χ0v) is 31.5. The fraction of sp³-hybridized carbons (Fsp3) is 0.837. The normalized spacial score (nSPS) is 12.7. The Kier molecular flexibility index (Phi) is 39.6. The highest BCUT2D eigenvalue weighted by molar-refractivity contribution is 5.69. The summed E-state index contributed by atoms with van der Waals surface area (Å²) in [5.41, 5.74) is 0. The van der Waals surface area contributed by atoms with Crippen molar-refractivity contribution >= 4 is 5.97 Å². The van der Waals surface area contributed by atoms with Crippen LogP contribution in [0.5, 0.6) is 0 Å². The van der Waals surface area contributed by atoms with Crippen LogP contribution in [-0.2, 0) is 14.3 Å². The lowest BCUT2D eigenvalue weighted by molar-refractivity contribution is -0.154. The maximum atomic E-state index is 12.2. The Morgan fingerprint density at radius 1 is 0.511 bits per heavy atom. The first-order valence-corrected chi connectivity index (χ1v) is 20.6. The van der Waals surface area contributed by atoms with Crippen LogP contribution in [0.4, 0.5) is 0 Å². The second-order valence-corrected chi connectivity index (χ2v) is 13.7. The molecule has 1 N–H and O–H groups in total. The molecule has 0 aliphatic rings. The summed E-state index contributed by atoms with van der Waals surface area (Å²) >= 11 is 0. The van der Waals surface area contributed by atoms with Gasteiger partial charge in [0.15, 0.2) is 0 Å². The van der Waals surface area contributed by atoms with Crippen molar-refractivity contribution in [1.29, 1.82) is 0 Å². The molecule has 0 saturated heterocycles. The summed E-state index contributed by atoms with van der Waals surface area (Å²) in [6, 6.07) is 0. The lowest BCUT2D eigenvalue weighted by Gasteiger charge is -2.15. The highest BCUT2D eigenvalue weighted by atomic mass is 16.6. The van der Waals surface area contributed by atoms with E-state index in [0.717, 1.165) is 25.7 Å². The third-order valence-electron chi connectivity index (χ3n) is 8.94. The molecule has 0 aromatic rings. The molecule has 276 valence electrons. The molecule has 0 rings (SSSR count). The Bertz CT molecular complexity index is 698. The maximum absolute atomic E-state index is 12.2. The van der Waals surface area contributed by atoms with Gasteiger partial charge in [-0.3, -0.25) is 4.79 Å². The Hall–Kier alpha value is -1.39. The molecule has 4 nitrogen and oxygen atoms in total. The predicted octanol–water partition coefficient (Wildman–Crippen LogP) is 13.3. The average molecular weight is 661 g/mol. The fourth-order valence-corrected chi connectivity index (χ4v) is 5.81. The minimum atomic E-state index is -0.536. The number of ether oxygens (including phenoxy) is 2. The molecular formula is C43H80O4. The second-order valence-electron chi connectivity index (χ2n) is 13.7. The van der Waals surface area contributed by atoms with Gasteiger partial charge in [0, 0.05) is 13.0 Å². The van der Waals surface area contributed by atoms with Crippen molar-refractivity contribution in [3.8, 4) is 0 Å². The van der Waals surface area contributed by atoms with Gasteiger partial charge in [-0.1, -0.05) is 172 Å². The Morgan fingerprint density at radius 3 is 1.40 bits per heavy atom. The molecule has 0 aromatic carbocycles. The molecule has 0 fully saturated rings. The minimum Gasteiger partial charge on any atom is -0.457 e. The first-order valence-electron chi connectivity index (χ1n) is 20.6. The van der Waals surface area contributed by atoms with Crippen LogP contribution in [0.3, 0.4) is 0 Å². The van der Waals surface area contributed by atoms with Gasteiger partial charge in [-0.2, -0.15) is 0 Å². The number of hydrogen-bond donors (Lipinski definition) is 1. The zero-order chi connectivity index (χ0) is 34.1. The molecule has 0 saturated carbocycles. The average Bonchev–Trinajstić information content (AvgIpc) is 3.08. The van der Waals surface area contributed by atoms with Crippen LogP contribution >= 0.6 is 0 Å². The number of carbonyl (C=O) groups is 1. The standard InChI is InChI=1S/C43H80O4/c1-3-5-7-9-11-13-15-17-18-19-20-21-22-23-24-25-26-27-28-30-32-34-36-38-43(45)47-42(40-44)41-46-39-37-35-33-31-29-16-14-12-10-8-6-4-2/h10,12,15,17,19-20,42,44H,3-9,11,13-14,16,18,21-41H2,1-2H3/b12-10-,17-15-,20-19-. The van der Waals surface area contributed by atoms with E-state index in [-0.39, 0.29) is 12.6 Å². The van der Waals surface area contributed by atoms with E-state index in [2.05, 4.69) is 50.3 Å². The number of allylic oxidation sites excluding steroid dienone is 6. The summed E-state index contributed by atoms with van der Waals surface area (Å²) in [7, 11) is 0. The van der Waals surface area contributed by atoms with Gasteiger partial charge in [-0.25, -0.2) is 0 Å². The Balaban J connectivity index is 3.42. The summed E-state index contributed by atoms with van der Waals surface area (Å²) in [5.74, 6) is -0.205. The Morgan fingerprint density at radius 2 is 0.915 bits per heavy atom. The predicted molar refractivity (Wildman–Crippen MR) is 205 cm³/mol. The van der Waals surface area contributed by atoms with Gasteiger partial charge in [0.2, 0.25) is 0 Å². The van der Waals surface area contributed by atoms with Crippen molar-refractivity contribution in [2.24, 2.45) is 0 Å². The molecule has 1 atom stereocenters. The highest BCUT2D eigenvalue weighted by Gasteiger charge is 2.13. The van der Waals surface area contributed by atoms with E-state index >= 15 is 0 Å². The van der Waals surface area contributed by atoms with Crippen molar-refractivity contribution in [2.75, 3.05) is 19.8 Å². The van der Waals surface area contributed by atoms with E-state index in [1.807, 2.05) is 0 Å². The quantitative estimate of drug-likeness (QED) is 0.0407. The van der Waals surface area contributed by atoms with Gasteiger partial charge in [-0.05, 0) is 64.2 Å². The van der Waals surface area contributed by atoms with Gasteiger partial charge in [0.05, 0.1) is 13.2 Å². The van der Waals surface area contributed by atoms with E-state index in [1.165, 1.54) is 161 Å². The third-order valence-corrected chi connectivity index (χ3v) is 8.94. The SMILES string of the molecule is CCCC/C=C\CCCCCCCCOCC(CO)OC(=O)CCCCCCCCCCCCC/C=C\C/C=C\CCCCCCC. The smallest absolute Gasteiger partial charge is 0.306 e. The third kappa shape index (κ3) is 38.9. The van der Waals surface area contributed by atoms with E-state index in [0.29, 0.717) is 19.6 Å². The van der Waals surface area contributed by atoms with Crippen molar-refractivity contribution in [3.63, 3.8) is 0 Å². The number of carbonyl (C=O) groups excluding carboxylic acids is 1. The number of esters is 1. The first-order chi connectivity index (χ1) is 23.2. The van der Waals surface area contributed by atoms with Crippen molar-refractivity contribution in [2.45, 2.75) is 213 Å². The van der Waals surface area contributed by atoms with Crippen LogP contribution in [0.2, 0.25) is 0 Å². The summed E-state index contributed by atoms with van der Waals surface area (Å²) in [6.07, 6.45) is 50.5. The van der Waals surface area contributed by atoms with E-state index in [9.17, 15) is 9.90 Å². The number of rotatable bonds is 38. The lowest BCUT2D eigenvalue weighted by atomic mass is 10.0. The first kappa shape index (κ1) is 45.6. The van der Waals surface area contributed by atoms with Gasteiger partial charge < -0.3 is 14.6 Å². The van der Waals surface area contributed by atoms with Crippen LogP contribution in [0.1, 0.15) is 206 Å². The highest BCUT2D eigenvalue weighted by Crippen LogP contribution is 2.14. The van der Waals surface area contributed by atoms with Crippen LogP contribution in [0.15, 0.2) is 36.5 Å². The van der Waals surface area contributed by atoms with Gasteiger partial charge >= 0.3 is 5.97 Å². The fourth-order valence-electron chi connectivity index (χ4n) is 5.81. The lowest BCUT2D eigenvalue weighted by Crippen LogP contribution is -2.27. The minimum absolute atomic E-state index is 0.174. The molecule has 0 heterocycles. The molecule has 0 aromatic heterocycles. The molecule has 47 heavy (non-hydrogen) atoms. The number of aliphatic hydroxyl groups is 1. The second kappa shape index (κ2) is 40.8. The summed E-state index contributed by atoms with van der Waals surface area (Å²) in [4.78, 5) is 12.2. The van der Waals surface area contributed by atoms with Crippen LogP contribution in [-0.4, -0.2) is 37.0 Å². The van der Waals surface area contributed by atoms with Crippen molar-refractivity contribution in [1.82, 2.24) is 0 Å². The largest absolute Gasteiger partial charge is 0.457 e. The van der Waals surface area contributed by atoms with Crippen LogP contribution in [0, 0.1) is 0 Å². The molecule has 0 amide bonds. The molecule has 0 aliphatic carbocycles. The topological polar surface area (TPSA) is 55.8 Å². The molecule has 0 aliphatic heterocycles. The van der Waals surface area contributed by atoms with Crippen LogP contribution < -0.4 is 0 Å².